The smallest absolute Gasteiger partial charge is 0.326 e. The number of carboxylic acids is 1. The van der Waals surface area contributed by atoms with E-state index < -0.39 is 17.9 Å². The number of nitrogens with one attached hydrogen (secondary N) is 1. The molecule has 0 heterocycles. The average Bonchev–Trinajstić information content (AvgIpc) is 2.85. The predicted octanol–water partition coefficient (Wildman–Crippen LogP) is 3.08. The van der Waals surface area contributed by atoms with E-state index in [4.69, 9.17) is 22.3 Å². The van der Waals surface area contributed by atoms with Gasteiger partial charge in [-0.25, -0.2) is 4.79 Å². The standard InChI is InChI=1S/C13H19N3O3.C13H11NO/c14-8-2-1-3-11(13(18)19)16-12(17)9-4-6-10(15)7-5-9;14-12-8-6-11(7-9-12)13(15)10-4-2-1-3-5-10/h4-7,11H,1-3,8,14-15H2,(H,16,17)(H,18,19);1-9H,14H2/t11-;/m0./s1. The Hall–Kier alpha value is -4.17. The minimum absolute atomic E-state index is 0.0237. The Morgan fingerprint density at radius 2 is 1.24 bits per heavy atom. The SMILES string of the molecule is NCCCC[C@H](NC(=O)c1ccc(N)cc1)C(=O)O.Nc1ccc(C(=O)c2ccccc2)cc1. The maximum Gasteiger partial charge on any atom is 0.326 e. The lowest BCUT2D eigenvalue weighted by atomic mass is 10.0. The Bertz CT molecular complexity index is 1070. The van der Waals surface area contributed by atoms with E-state index in [0.29, 0.717) is 47.5 Å². The highest BCUT2D eigenvalue weighted by molar-refractivity contribution is 6.09. The Morgan fingerprint density at radius 1 is 0.735 bits per heavy atom. The van der Waals surface area contributed by atoms with Crippen molar-refractivity contribution in [2.75, 3.05) is 18.0 Å². The summed E-state index contributed by atoms with van der Waals surface area (Å²) in [6, 6.07) is 21.6. The molecular formula is C26H30N4O4. The molecule has 178 valence electrons. The fourth-order valence-corrected chi connectivity index (χ4v) is 3.02. The fraction of sp³-hybridized carbons (Fsp3) is 0.192. The molecule has 3 aromatic rings. The molecule has 0 aromatic heterocycles. The van der Waals surface area contributed by atoms with Crippen molar-refractivity contribution >= 4 is 29.0 Å². The Labute approximate surface area is 198 Å². The monoisotopic (exact) mass is 462 g/mol. The van der Waals surface area contributed by atoms with E-state index in [0.717, 1.165) is 6.42 Å². The molecule has 8 heteroatoms. The molecule has 8 nitrogen and oxygen atoms in total. The topological polar surface area (TPSA) is 162 Å². The van der Waals surface area contributed by atoms with Gasteiger partial charge in [0.25, 0.3) is 5.91 Å². The number of hydrogen-bond acceptors (Lipinski definition) is 6. The molecule has 0 aliphatic rings. The number of hydrogen-bond donors (Lipinski definition) is 5. The second-order valence-electron chi connectivity index (χ2n) is 7.59. The second kappa shape index (κ2) is 13.4. The number of amides is 1. The van der Waals surface area contributed by atoms with Crippen molar-refractivity contribution in [3.8, 4) is 0 Å². The van der Waals surface area contributed by atoms with Crippen LogP contribution in [0.25, 0.3) is 0 Å². The van der Waals surface area contributed by atoms with Crippen LogP contribution in [0.5, 0.6) is 0 Å². The van der Waals surface area contributed by atoms with E-state index in [2.05, 4.69) is 5.32 Å². The van der Waals surface area contributed by atoms with Crippen LogP contribution in [0.2, 0.25) is 0 Å². The summed E-state index contributed by atoms with van der Waals surface area (Å²) in [6.07, 6.45) is 1.77. The number of aliphatic carboxylic acids is 1. The highest BCUT2D eigenvalue weighted by Crippen LogP contribution is 2.11. The number of benzene rings is 3. The summed E-state index contributed by atoms with van der Waals surface area (Å²) in [5.74, 6) is -1.43. The van der Waals surface area contributed by atoms with Crippen LogP contribution in [0.4, 0.5) is 11.4 Å². The summed E-state index contributed by atoms with van der Waals surface area (Å²) < 4.78 is 0. The molecule has 0 radical (unpaired) electrons. The number of unbranched alkanes of at least 4 members (excludes halogenated alkanes) is 1. The molecule has 0 fully saturated rings. The summed E-state index contributed by atoms with van der Waals surface area (Å²) >= 11 is 0. The summed E-state index contributed by atoms with van der Waals surface area (Å²) in [7, 11) is 0. The molecule has 0 aliphatic heterocycles. The molecular weight excluding hydrogens is 432 g/mol. The number of carbonyl (C=O) groups excluding carboxylic acids is 2. The first-order valence-electron chi connectivity index (χ1n) is 10.9. The van der Waals surface area contributed by atoms with Gasteiger partial charge in [-0.2, -0.15) is 0 Å². The molecule has 0 aliphatic carbocycles. The lowest BCUT2D eigenvalue weighted by molar-refractivity contribution is -0.139. The van der Waals surface area contributed by atoms with Gasteiger partial charge in [0.1, 0.15) is 6.04 Å². The van der Waals surface area contributed by atoms with Gasteiger partial charge in [0.15, 0.2) is 5.78 Å². The number of nitrogen functional groups attached to an aromatic ring is 2. The highest BCUT2D eigenvalue weighted by atomic mass is 16.4. The van der Waals surface area contributed by atoms with Gasteiger partial charge in [0.05, 0.1) is 0 Å². The quantitative estimate of drug-likeness (QED) is 0.185. The van der Waals surface area contributed by atoms with Crippen LogP contribution in [0.3, 0.4) is 0 Å². The van der Waals surface area contributed by atoms with Crippen LogP contribution in [0, 0.1) is 0 Å². The number of rotatable bonds is 9. The van der Waals surface area contributed by atoms with Gasteiger partial charge >= 0.3 is 5.97 Å². The predicted molar refractivity (Wildman–Crippen MR) is 133 cm³/mol. The van der Waals surface area contributed by atoms with Crippen molar-refractivity contribution in [1.29, 1.82) is 0 Å². The molecule has 3 rings (SSSR count). The van der Waals surface area contributed by atoms with Crippen molar-refractivity contribution in [2.45, 2.75) is 25.3 Å². The van der Waals surface area contributed by atoms with Crippen molar-refractivity contribution in [3.63, 3.8) is 0 Å². The number of carboxylic acid groups (broad SMARTS) is 1. The van der Waals surface area contributed by atoms with E-state index in [1.807, 2.05) is 18.2 Å². The van der Waals surface area contributed by atoms with Crippen LogP contribution in [0.1, 0.15) is 45.5 Å². The van der Waals surface area contributed by atoms with Gasteiger partial charge in [0.2, 0.25) is 0 Å². The Kier molecular flexibility index (Phi) is 10.3. The molecule has 3 aromatic carbocycles. The van der Waals surface area contributed by atoms with Gasteiger partial charge in [-0.3, -0.25) is 9.59 Å². The number of anilines is 2. The molecule has 0 spiro atoms. The minimum atomic E-state index is -1.04. The van der Waals surface area contributed by atoms with Gasteiger partial charge in [0, 0.05) is 28.1 Å². The lowest BCUT2D eigenvalue weighted by Gasteiger charge is -2.14. The van der Waals surface area contributed by atoms with Crippen LogP contribution in [-0.2, 0) is 4.79 Å². The van der Waals surface area contributed by atoms with Crippen molar-refractivity contribution in [2.24, 2.45) is 5.73 Å². The zero-order chi connectivity index (χ0) is 24.9. The van der Waals surface area contributed by atoms with E-state index in [1.165, 1.54) is 0 Å². The van der Waals surface area contributed by atoms with Crippen LogP contribution >= 0.6 is 0 Å². The molecule has 34 heavy (non-hydrogen) atoms. The van der Waals surface area contributed by atoms with E-state index in [9.17, 15) is 14.4 Å². The maximum absolute atomic E-state index is 11.9. The van der Waals surface area contributed by atoms with Crippen LogP contribution in [-0.4, -0.2) is 35.4 Å². The molecule has 0 saturated carbocycles. The number of nitrogens with two attached hydrogens (primary N) is 3. The van der Waals surface area contributed by atoms with Crippen molar-refractivity contribution in [3.05, 3.63) is 95.6 Å². The third kappa shape index (κ3) is 8.40. The maximum atomic E-state index is 11.9. The zero-order valence-corrected chi connectivity index (χ0v) is 18.8. The summed E-state index contributed by atoms with van der Waals surface area (Å²) in [6.45, 7) is 0.512. The normalized spacial score (nSPS) is 11.0. The number of carbonyl (C=O) groups is 3. The second-order valence-corrected chi connectivity index (χ2v) is 7.59. The van der Waals surface area contributed by atoms with Crippen LogP contribution < -0.4 is 22.5 Å². The number of ketones is 1. The van der Waals surface area contributed by atoms with Crippen LogP contribution in [0.15, 0.2) is 78.9 Å². The molecule has 1 amide bonds. The van der Waals surface area contributed by atoms with Crippen molar-refractivity contribution in [1.82, 2.24) is 5.32 Å². The Balaban J connectivity index is 0.000000246. The summed E-state index contributed by atoms with van der Waals surface area (Å²) in [5.41, 5.74) is 19.4. The largest absolute Gasteiger partial charge is 0.480 e. The third-order valence-electron chi connectivity index (χ3n) is 4.93. The summed E-state index contributed by atoms with van der Waals surface area (Å²) in [5, 5.41) is 11.5. The van der Waals surface area contributed by atoms with E-state index in [-0.39, 0.29) is 5.78 Å². The average molecular weight is 463 g/mol. The minimum Gasteiger partial charge on any atom is -0.480 e. The van der Waals surface area contributed by atoms with E-state index in [1.54, 1.807) is 60.7 Å². The molecule has 0 bridgehead atoms. The Morgan fingerprint density at radius 3 is 1.74 bits per heavy atom. The molecule has 8 N–H and O–H groups in total. The zero-order valence-electron chi connectivity index (χ0n) is 18.8. The highest BCUT2D eigenvalue weighted by Gasteiger charge is 2.20. The van der Waals surface area contributed by atoms with Crippen molar-refractivity contribution < 1.29 is 19.5 Å². The first-order chi connectivity index (χ1) is 16.3. The third-order valence-corrected chi connectivity index (χ3v) is 4.93. The molecule has 0 unspecified atom stereocenters. The lowest BCUT2D eigenvalue weighted by Crippen LogP contribution is -2.40. The van der Waals surface area contributed by atoms with Gasteiger partial charge in [-0.15, -0.1) is 0 Å². The van der Waals surface area contributed by atoms with Gasteiger partial charge in [-0.1, -0.05) is 30.3 Å². The summed E-state index contributed by atoms with van der Waals surface area (Å²) in [4.78, 5) is 34.8. The van der Waals surface area contributed by atoms with Gasteiger partial charge in [-0.05, 0) is 74.3 Å². The van der Waals surface area contributed by atoms with Gasteiger partial charge < -0.3 is 27.6 Å². The first kappa shape index (κ1) is 26.1. The first-order valence-corrected chi connectivity index (χ1v) is 10.9. The molecule has 1 atom stereocenters. The fourth-order valence-electron chi connectivity index (χ4n) is 3.02. The van der Waals surface area contributed by atoms with E-state index >= 15 is 0 Å². The molecule has 0 saturated heterocycles.